The van der Waals surface area contributed by atoms with Gasteiger partial charge >= 0.3 is 29.8 Å². The van der Waals surface area contributed by atoms with E-state index in [1.165, 1.54) is 6.92 Å². The Morgan fingerprint density at radius 3 is 1.62 bits per heavy atom. The third-order valence-electron chi connectivity index (χ3n) is 3.51. The summed E-state index contributed by atoms with van der Waals surface area (Å²) in [4.78, 5) is 57.9. The van der Waals surface area contributed by atoms with Crippen LogP contribution in [0.25, 0.3) is 0 Å². The first-order valence-corrected chi connectivity index (χ1v) is 8.59. The summed E-state index contributed by atoms with van der Waals surface area (Å²) in [5, 5.41) is 0. The Bertz CT molecular complexity index is 683. The minimum Gasteiger partial charge on any atom is -0.459 e. The van der Waals surface area contributed by atoms with Gasteiger partial charge in [0.15, 0.2) is 12.2 Å². The Morgan fingerprint density at radius 1 is 0.724 bits per heavy atom. The van der Waals surface area contributed by atoms with E-state index in [2.05, 4.69) is 6.58 Å². The van der Waals surface area contributed by atoms with Crippen molar-refractivity contribution in [2.24, 2.45) is 0 Å². The Balaban J connectivity index is 3.29. The highest BCUT2D eigenvalue weighted by Gasteiger charge is 2.53. The summed E-state index contributed by atoms with van der Waals surface area (Å²) in [6, 6.07) is 0. The van der Waals surface area contributed by atoms with Crippen molar-refractivity contribution >= 4 is 29.8 Å². The molecule has 5 atom stereocenters. The molecule has 29 heavy (non-hydrogen) atoms. The number of hydrogen-bond acceptors (Lipinski definition) is 11. The largest absolute Gasteiger partial charge is 0.459 e. The van der Waals surface area contributed by atoms with Crippen LogP contribution in [-0.2, 0) is 52.4 Å². The minimum absolute atomic E-state index is 0.107. The average molecular weight is 416 g/mol. The topological polar surface area (TPSA) is 141 Å². The third kappa shape index (κ3) is 7.53. The van der Waals surface area contributed by atoms with Gasteiger partial charge in [-0.3, -0.25) is 19.2 Å². The van der Waals surface area contributed by atoms with Crippen molar-refractivity contribution in [2.75, 3.05) is 6.61 Å². The van der Waals surface area contributed by atoms with Crippen LogP contribution < -0.4 is 0 Å². The molecule has 0 radical (unpaired) electrons. The number of hydrogen-bond donors (Lipinski definition) is 0. The molecule has 1 rings (SSSR count). The molecule has 1 aliphatic heterocycles. The van der Waals surface area contributed by atoms with Crippen molar-refractivity contribution in [1.29, 1.82) is 0 Å². The lowest BCUT2D eigenvalue weighted by molar-refractivity contribution is -0.300. The van der Waals surface area contributed by atoms with Crippen LogP contribution in [-0.4, -0.2) is 67.2 Å². The van der Waals surface area contributed by atoms with Gasteiger partial charge in [0, 0.05) is 33.3 Å². The molecule has 11 heteroatoms. The maximum Gasteiger partial charge on any atom is 0.333 e. The van der Waals surface area contributed by atoms with Crippen LogP contribution in [0.5, 0.6) is 0 Å². The van der Waals surface area contributed by atoms with Crippen LogP contribution >= 0.6 is 0 Å². The number of carbonyl (C=O) groups excluding carboxylic acids is 5. The lowest BCUT2D eigenvalue weighted by Crippen LogP contribution is -2.63. The molecule has 1 saturated heterocycles. The van der Waals surface area contributed by atoms with Gasteiger partial charge in [-0.2, -0.15) is 0 Å². The van der Waals surface area contributed by atoms with E-state index in [0.717, 1.165) is 27.7 Å². The molecular formula is C18H24O11. The molecular weight excluding hydrogens is 392 g/mol. The molecule has 1 fully saturated rings. The van der Waals surface area contributed by atoms with Gasteiger partial charge in [0.2, 0.25) is 12.4 Å². The Kier molecular flexibility index (Phi) is 8.77. The van der Waals surface area contributed by atoms with Gasteiger partial charge in [-0.25, -0.2) is 4.79 Å². The molecule has 0 bridgehead atoms. The van der Waals surface area contributed by atoms with E-state index in [9.17, 15) is 24.0 Å². The van der Waals surface area contributed by atoms with Crippen LogP contribution in [0.4, 0.5) is 0 Å². The van der Waals surface area contributed by atoms with Gasteiger partial charge in [-0.15, -0.1) is 0 Å². The summed E-state index contributed by atoms with van der Waals surface area (Å²) in [6.45, 7) is 8.77. The van der Waals surface area contributed by atoms with Gasteiger partial charge < -0.3 is 28.4 Å². The Hall–Kier alpha value is -2.95. The lowest BCUT2D eigenvalue weighted by atomic mass is 9.98. The van der Waals surface area contributed by atoms with Gasteiger partial charge in [-0.1, -0.05) is 6.58 Å². The smallest absolute Gasteiger partial charge is 0.333 e. The van der Waals surface area contributed by atoms with Crippen LogP contribution in [0.2, 0.25) is 0 Å². The van der Waals surface area contributed by atoms with Crippen LogP contribution in [0.1, 0.15) is 34.6 Å². The second kappa shape index (κ2) is 10.6. The predicted molar refractivity (Wildman–Crippen MR) is 92.9 cm³/mol. The quantitative estimate of drug-likeness (QED) is 0.319. The summed E-state index contributed by atoms with van der Waals surface area (Å²) in [5.74, 6) is -3.87. The SMILES string of the molecule is C=C(C)C(=O)OCC1OC(OC(C)=O)C(OC(C)=O)C(OC(C)=O)C1OC(C)=O. The third-order valence-corrected chi connectivity index (χ3v) is 3.51. The summed E-state index contributed by atoms with van der Waals surface area (Å²) in [7, 11) is 0. The first-order chi connectivity index (χ1) is 13.4. The predicted octanol–water partition coefficient (Wildman–Crippen LogP) is 0.189. The molecule has 0 aromatic rings. The monoisotopic (exact) mass is 416 g/mol. The second-order valence-electron chi connectivity index (χ2n) is 6.25. The van der Waals surface area contributed by atoms with Crippen LogP contribution in [0.3, 0.4) is 0 Å². The number of ether oxygens (including phenoxy) is 6. The average Bonchev–Trinajstić information content (AvgIpc) is 2.56. The number of carbonyl (C=O) groups is 5. The zero-order valence-corrected chi connectivity index (χ0v) is 16.8. The molecule has 0 amide bonds. The molecule has 5 unspecified atom stereocenters. The first-order valence-electron chi connectivity index (χ1n) is 8.59. The molecule has 1 heterocycles. The van der Waals surface area contributed by atoms with E-state index < -0.39 is 67.2 Å². The van der Waals surface area contributed by atoms with E-state index in [-0.39, 0.29) is 5.57 Å². The van der Waals surface area contributed by atoms with Crippen molar-refractivity contribution in [3.05, 3.63) is 12.2 Å². The summed E-state index contributed by atoms with van der Waals surface area (Å²) in [5.41, 5.74) is 0.107. The van der Waals surface area contributed by atoms with Crippen molar-refractivity contribution in [2.45, 2.75) is 65.3 Å². The van der Waals surface area contributed by atoms with Crippen molar-refractivity contribution in [3.8, 4) is 0 Å². The van der Waals surface area contributed by atoms with Gasteiger partial charge in [0.25, 0.3) is 0 Å². The Labute approximate surface area is 167 Å². The molecule has 0 aromatic carbocycles. The maximum atomic E-state index is 11.7. The highest BCUT2D eigenvalue weighted by Crippen LogP contribution is 2.30. The molecule has 0 aliphatic carbocycles. The normalized spacial score (nSPS) is 25.9. The van der Waals surface area contributed by atoms with E-state index in [0.29, 0.717) is 0 Å². The van der Waals surface area contributed by atoms with Crippen LogP contribution in [0.15, 0.2) is 12.2 Å². The zero-order valence-electron chi connectivity index (χ0n) is 16.8. The molecule has 11 nitrogen and oxygen atoms in total. The molecule has 0 spiro atoms. The van der Waals surface area contributed by atoms with Gasteiger partial charge in [0.05, 0.1) is 0 Å². The van der Waals surface area contributed by atoms with Crippen molar-refractivity contribution in [3.63, 3.8) is 0 Å². The van der Waals surface area contributed by atoms with Crippen LogP contribution in [0, 0.1) is 0 Å². The van der Waals surface area contributed by atoms with E-state index in [4.69, 9.17) is 28.4 Å². The molecule has 0 saturated carbocycles. The fourth-order valence-electron chi connectivity index (χ4n) is 2.53. The van der Waals surface area contributed by atoms with E-state index in [1.54, 1.807) is 0 Å². The van der Waals surface area contributed by atoms with E-state index in [1.807, 2.05) is 0 Å². The summed E-state index contributed by atoms with van der Waals surface area (Å²) in [6.07, 6.45) is -6.88. The van der Waals surface area contributed by atoms with E-state index >= 15 is 0 Å². The van der Waals surface area contributed by atoms with Gasteiger partial charge in [-0.05, 0) is 6.92 Å². The lowest BCUT2D eigenvalue weighted by Gasteiger charge is -2.43. The van der Waals surface area contributed by atoms with Gasteiger partial charge in [0.1, 0.15) is 12.7 Å². The van der Waals surface area contributed by atoms with Crippen molar-refractivity contribution < 1.29 is 52.4 Å². The molecule has 0 N–H and O–H groups in total. The molecule has 0 aromatic heterocycles. The molecule has 162 valence electrons. The number of esters is 5. The maximum absolute atomic E-state index is 11.7. The zero-order chi connectivity index (χ0) is 22.3. The standard InChI is InChI=1S/C18H24O11/c1-8(2)17(23)24-7-13-14(25-9(3)19)15(26-10(4)20)16(27-11(5)21)18(29-13)28-12(6)22/h13-16,18H,1,7H2,2-6H3. The second-order valence-corrected chi connectivity index (χ2v) is 6.25. The molecule has 1 aliphatic rings. The fraction of sp³-hybridized carbons (Fsp3) is 0.611. The number of rotatable bonds is 7. The summed E-state index contributed by atoms with van der Waals surface area (Å²) < 4.78 is 31.1. The fourth-order valence-corrected chi connectivity index (χ4v) is 2.53. The summed E-state index contributed by atoms with van der Waals surface area (Å²) >= 11 is 0. The highest BCUT2D eigenvalue weighted by atomic mass is 16.7. The first kappa shape index (κ1) is 24.1. The van der Waals surface area contributed by atoms with Crippen molar-refractivity contribution in [1.82, 2.24) is 0 Å². The minimum atomic E-state index is -1.51. The Morgan fingerprint density at radius 2 is 1.17 bits per heavy atom. The highest BCUT2D eigenvalue weighted by molar-refractivity contribution is 5.86.